The van der Waals surface area contributed by atoms with Gasteiger partial charge in [0.25, 0.3) is 0 Å². The highest BCUT2D eigenvalue weighted by Crippen LogP contribution is 2.19. The molecule has 0 radical (unpaired) electrons. The zero-order valence-corrected chi connectivity index (χ0v) is 10.0. The highest BCUT2D eigenvalue weighted by atomic mass is 19.1. The second-order valence-corrected chi connectivity index (χ2v) is 4.01. The summed E-state index contributed by atoms with van der Waals surface area (Å²) < 4.78 is 18.8. The van der Waals surface area contributed by atoms with Gasteiger partial charge in [-0.2, -0.15) is 0 Å². The number of nitrogens with zero attached hydrogens (tertiary/aromatic N) is 2. The van der Waals surface area contributed by atoms with Gasteiger partial charge in [0.15, 0.2) is 11.6 Å². The fourth-order valence-corrected chi connectivity index (χ4v) is 1.40. The Morgan fingerprint density at radius 1 is 1.28 bits per heavy atom. The van der Waals surface area contributed by atoms with Crippen LogP contribution in [-0.4, -0.2) is 22.6 Å². The Morgan fingerprint density at radius 3 is 2.56 bits per heavy atom. The summed E-state index contributed by atoms with van der Waals surface area (Å²) in [5.74, 6) is 0.510. The normalized spacial score (nSPS) is 12.2. The van der Waals surface area contributed by atoms with Gasteiger partial charge in [0, 0.05) is 6.04 Å². The minimum atomic E-state index is -0.346. The molecule has 0 fully saturated rings. The zero-order chi connectivity index (χ0) is 13.0. The number of ether oxygens (including phenoxy) is 1. The molecule has 0 bridgehead atoms. The van der Waals surface area contributed by atoms with E-state index in [1.54, 1.807) is 18.2 Å². The van der Waals surface area contributed by atoms with Crippen molar-refractivity contribution in [2.24, 2.45) is 5.73 Å². The van der Waals surface area contributed by atoms with Crippen LogP contribution in [-0.2, 0) is 0 Å². The van der Waals surface area contributed by atoms with Gasteiger partial charge in [-0.25, -0.2) is 14.4 Å². The molecule has 1 heterocycles. The molecule has 5 heteroatoms. The van der Waals surface area contributed by atoms with Crippen LogP contribution in [0, 0.1) is 5.82 Å². The molecule has 1 aromatic carbocycles. The molecule has 0 saturated carbocycles. The van der Waals surface area contributed by atoms with Crippen molar-refractivity contribution in [3.63, 3.8) is 0 Å². The van der Waals surface area contributed by atoms with E-state index >= 15 is 0 Å². The Kier molecular flexibility index (Phi) is 3.84. The molecule has 1 unspecified atom stereocenters. The van der Waals surface area contributed by atoms with Crippen LogP contribution in [0.4, 0.5) is 4.39 Å². The lowest BCUT2D eigenvalue weighted by molar-refractivity contribution is 0.294. The smallest absolute Gasteiger partial charge is 0.162 e. The van der Waals surface area contributed by atoms with Gasteiger partial charge in [-0.05, 0) is 19.1 Å². The number of halogens is 1. The molecule has 2 aromatic rings. The van der Waals surface area contributed by atoms with E-state index < -0.39 is 0 Å². The van der Waals surface area contributed by atoms with Crippen LogP contribution in [0.3, 0.4) is 0 Å². The van der Waals surface area contributed by atoms with E-state index in [1.165, 1.54) is 18.5 Å². The summed E-state index contributed by atoms with van der Waals surface area (Å²) in [6.07, 6.45) is 3.02. The maximum atomic E-state index is 13.5. The standard InChI is InChI=1S/C13H14FN3O/c1-9(15)8-18-10-6-16-13(17-7-10)11-4-2-3-5-12(11)14/h2-7,9H,8,15H2,1H3. The summed E-state index contributed by atoms with van der Waals surface area (Å²) >= 11 is 0. The van der Waals surface area contributed by atoms with Gasteiger partial charge < -0.3 is 10.5 Å². The van der Waals surface area contributed by atoms with Crippen LogP contribution >= 0.6 is 0 Å². The lowest BCUT2D eigenvalue weighted by Crippen LogP contribution is -2.23. The topological polar surface area (TPSA) is 61.0 Å². The molecule has 1 atom stereocenters. The summed E-state index contributed by atoms with van der Waals surface area (Å²) in [5.41, 5.74) is 5.94. The van der Waals surface area contributed by atoms with Gasteiger partial charge in [0.05, 0.1) is 18.0 Å². The molecular weight excluding hydrogens is 233 g/mol. The van der Waals surface area contributed by atoms with Gasteiger partial charge in [0.2, 0.25) is 0 Å². The molecule has 0 aliphatic rings. The molecule has 4 nitrogen and oxygen atoms in total. The third kappa shape index (κ3) is 3.01. The number of hydrogen-bond acceptors (Lipinski definition) is 4. The van der Waals surface area contributed by atoms with E-state index in [0.717, 1.165) is 0 Å². The van der Waals surface area contributed by atoms with Gasteiger partial charge in [-0.15, -0.1) is 0 Å². The fourth-order valence-electron chi connectivity index (χ4n) is 1.40. The van der Waals surface area contributed by atoms with Crippen molar-refractivity contribution in [3.8, 4) is 17.1 Å². The number of rotatable bonds is 4. The molecule has 0 aliphatic carbocycles. The summed E-state index contributed by atoms with van der Waals surface area (Å²) in [5, 5.41) is 0. The van der Waals surface area contributed by atoms with E-state index in [9.17, 15) is 4.39 Å². The van der Waals surface area contributed by atoms with E-state index in [1.807, 2.05) is 6.92 Å². The molecule has 2 N–H and O–H groups in total. The average molecular weight is 247 g/mol. The van der Waals surface area contributed by atoms with E-state index in [4.69, 9.17) is 10.5 Å². The molecule has 2 rings (SSSR count). The molecule has 1 aromatic heterocycles. The van der Waals surface area contributed by atoms with E-state index in [2.05, 4.69) is 9.97 Å². The molecule has 0 saturated heterocycles. The van der Waals surface area contributed by atoms with E-state index in [0.29, 0.717) is 23.7 Å². The Hall–Kier alpha value is -2.01. The highest BCUT2D eigenvalue weighted by Gasteiger charge is 2.07. The average Bonchev–Trinajstić information content (AvgIpc) is 2.38. The van der Waals surface area contributed by atoms with Gasteiger partial charge in [0.1, 0.15) is 12.4 Å². The lowest BCUT2D eigenvalue weighted by Gasteiger charge is -2.08. The predicted molar refractivity (Wildman–Crippen MR) is 66.6 cm³/mol. The van der Waals surface area contributed by atoms with Crippen LogP contribution in [0.25, 0.3) is 11.4 Å². The van der Waals surface area contributed by atoms with Crippen molar-refractivity contribution >= 4 is 0 Å². The molecule has 94 valence electrons. The van der Waals surface area contributed by atoms with E-state index in [-0.39, 0.29) is 11.9 Å². The first-order valence-electron chi connectivity index (χ1n) is 5.62. The number of aromatic nitrogens is 2. The number of nitrogens with two attached hydrogens (primary N) is 1. The Balaban J connectivity index is 2.15. The second-order valence-electron chi connectivity index (χ2n) is 4.01. The molecule has 18 heavy (non-hydrogen) atoms. The fraction of sp³-hybridized carbons (Fsp3) is 0.231. The number of benzene rings is 1. The van der Waals surface area contributed by atoms with Crippen molar-refractivity contribution in [1.82, 2.24) is 9.97 Å². The third-order valence-electron chi connectivity index (χ3n) is 2.26. The second kappa shape index (κ2) is 5.55. The van der Waals surface area contributed by atoms with Crippen molar-refractivity contribution in [2.75, 3.05) is 6.61 Å². The molecular formula is C13H14FN3O. The summed E-state index contributed by atoms with van der Waals surface area (Å²) in [6, 6.07) is 6.31. The molecule has 0 aliphatic heterocycles. The predicted octanol–water partition coefficient (Wildman–Crippen LogP) is 2.01. The lowest BCUT2D eigenvalue weighted by atomic mass is 10.2. The van der Waals surface area contributed by atoms with Crippen molar-refractivity contribution in [1.29, 1.82) is 0 Å². The summed E-state index contributed by atoms with van der Waals surface area (Å²) in [7, 11) is 0. The molecule has 0 spiro atoms. The van der Waals surface area contributed by atoms with Crippen molar-refractivity contribution in [2.45, 2.75) is 13.0 Å². The summed E-state index contributed by atoms with van der Waals surface area (Å²) in [6.45, 7) is 2.23. The maximum absolute atomic E-state index is 13.5. The summed E-state index contributed by atoms with van der Waals surface area (Å²) in [4.78, 5) is 8.14. The Bertz CT molecular complexity index is 514. The Morgan fingerprint density at radius 2 is 1.94 bits per heavy atom. The van der Waals surface area contributed by atoms with Gasteiger partial charge in [-0.3, -0.25) is 0 Å². The van der Waals surface area contributed by atoms with Crippen LogP contribution in [0.1, 0.15) is 6.92 Å². The zero-order valence-electron chi connectivity index (χ0n) is 10.0. The van der Waals surface area contributed by atoms with Crippen molar-refractivity contribution in [3.05, 3.63) is 42.5 Å². The first-order chi connectivity index (χ1) is 8.66. The van der Waals surface area contributed by atoms with Crippen LogP contribution in [0.15, 0.2) is 36.7 Å². The van der Waals surface area contributed by atoms with Crippen LogP contribution < -0.4 is 10.5 Å². The largest absolute Gasteiger partial charge is 0.489 e. The van der Waals surface area contributed by atoms with Crippen molar-refractivity contribution < 1.29 is 9.13 Å². The Labute approximate surface area is 105 Å². The first-order valence-corrected chi connectivity index (χ1v) is 5.62. The third-order valence-corrected chi connectivity index (χ3v) is 2.26. The highest BCUT2D eigenvalue weighted by molar-refractivity contribution is 5.55. The molecule has 0 amide bonds. The van der Waals surface area contributed by atoms with Gasteiger partial charge in [-0.1, -0.05) is 12.1 Å². The van der Waals surface area contributed by atoms with Gasteiger partial charge >= 0.3 is 0 Å². The first kappa shape index (κ1) is 12.4. The number of hydrogen-bond donors (Lipinski definition) is 1. The maximum Gasteiger partial charge on any atom is 0.162 e. The SMILES string of the molecule is CC(N)COc1cnc(-c2ccccc2F)nc1. The quantitative estimate of drug-likeness (QED) is 0.897. The minimum Gasteiger partial charge on any atom is -0.489 e. The van der Waals surface area contributed by atoms with Crippen LogP contribution in [0.2, 0.25) is 0 Å². The minimum absolute atomic E-state index is 0.0590. The monoisotopic (exact) mass is 247 g/mol. The van der Waals surface area contributed by atoms with Crippen LogP contribution in [0.5, 0.6) is 5.75 Å².